The van der Waals surface area contributed by atoms with E-state index in [4.69, 9.17) is 4.52 Å². The van der Waals surface area contributed by atoms with Crippen LogP contribution in [-0.2, 0) is 6.42 Å². The summed E-state index contributed by atoms with van der Waals surface area (Å²) in [6.07, 6.45) is 7.88. The van der Waals surface area contributed by atoms with Gasteiger partial charge in [-0.2, -0.15) is 0 Å². The molecule has 0 radical (unpaired) electrons. The van der Waals surface area contributed by atoms with Gasteiger partial charge in [0.15, 0.2) is 5.76 Å². The molecule has 0 spiro atoms. The highest BCUT2D eigenvalue weighted by molar-refractivity contribution is 5.67. The summed E-state index contributed by atoms with van der Waals surface area (Å²) in [6.45, 7) is 0. The Hall–Kier alpha value is -1.38. The summed E-state index contributed by atoms with van der Waals surface area (Å²) in [5, 5.41) is 3.66. The van der Waals surface area contributed by atoms with E-state index >= 15 is 0 Å². The first-order valence-corrected chi connectivity index (χ1v) is 3.08. The van der Waals surface area contributed by atoms with Crippen LogP contribution in [0.2, 0.25) is 0 Å². The van der Waals surface area contributed by atoms with Crippen molar-refractivity contribution in [3.63, 3.8) is 0 Å². The SMILES string of the molecule is C1=Cc2oncc2CC=N1. The van der Waals surface area contributed by atoms with Crippen LogP contribution in [0.1, 0.15) is 11.3 Å². The van der Waals surface area contributed by atoms with Crippen molar-refractivity contribution in [1.29, 1.82) is 0 Å². The molecule has 2 rings (SSSR count). The Morgan fingerprint density at radius 2 is 2.50 bits per heavy atom. The summed E-state index contributed by atoms with van der Waals surface area (Å²) in [5.41, 5.74) is 1.09. The average molecular weight is 134 g/mol. The van der Waals surface area contributed by atoms with Gasteiger partial charge in [-0.05, 0) is 0 Å². The lowest BCUT2D eigenvalue weighted by molar-refractivity contribution is 0.412. The molecule has 0 atom stereocenters. The lowest BCUT2D eigenvalue weighted by Gasteiger charge is -1.83. The first-order chi connectivity index (χ1) is 4.97. The number of hydrogen-bond donors (Lipinski definition) is 0. The maximum absolute atomic E-state index is 4.92. The van der Waals surface area contributed by atoms with E-state index in [0.717, 1.165) is 17.7 Å². The van der Waals surface area contributed by atoms with Crippen LogP contribution in [0.4, 0.5) is 0 Å². The Labute approximate surface area is 58.1 Å². The predicted octanol–water partition coefficient (Wildman–Crippen LogP) is 1.27. The Morgan fingerprint density at radius 3 is 3.50 bits per heavy atom. The van der Waals surface area contributed by atoms with Crippen LogP contribution >= 0.6 is 0 Å². The minimum atomic E-state index is 0.811. The number of aromatic nitrogens is 1. The monoisotopic (exact) mass is 134 g/mol. The summed E-state index contributed by atoms with van der Waals surface area (Å²) in [4.78, 5) is 3.96. The number of hydrogen-bond acceptors (Lipinski definition) is 3. The fourth-order valence-corrected chi connectivity index (χ4v) is 0.882. The van der Waals surface area contributed by atoms with Gasteiger partial charge in [-0.25, -0.2) is 0 Å². The number of nitrogens with zero attached hydrogens (tertiary/aromatic N) is 2. The van der Waals surface area contributed by atoms with Crippen LogP contribution in [0.5, 0.6) is 0 Å². The second-order valence-electron chi connectivity index (χ2n) is 2.07. The van der Waals surface area contributed by atoms with Crippen molar-refractivity contribution >= 4 is 12.3 Å². The smallest absolute Gasteiger partial charge is 0.164 e. The van der Waals surface area contributed by atoms with Crippen molar-refractivity contribution in [2.45, 2.75) is 6.42 Å². The number of rotatable bonds is 0. The highest BCUT2D eigenvalue weighted by Gasteiger charge is 2.03. The number of aliphatic imine (C=N–C) groups is 1. The molecule has 0 N–H and O–H groups in total. The van der Waals surface area contributed by atoms with Crippen molar-refractivity contribution in [3.05, 3.63) is 23.7 Å². The quantitative estimate of drug-likeness (QED) is 0.536. The molecule has 50 valence electrons. The summed E-state index contributed by atoms with van der Waals surface area (Å²) < 4.78 is 4.92. The molecule has 1 aromatic heterocycles. The van der Waals surface area contributed by atoms with Crippen molar-refractivity contribution in [2.75, 3.05) is 0 Å². The third-order valence-electron chi connectivity index (χ3n) is 1.40. The van der Waals surface area contributed by atoms with E-state index < -0.39 is 0 Å². The van der Waals surface area contributed by atoms with Gasteiger partial charge >= 0.3 is 0 Å². The van der Waals surface area contributed by atoms with Crippen molar-refractivity contribution in [2.24, 2.45) is 4.99 Å². The molecule has 10 heavy (non-hydrogen) atoms. The molecule has 3 nitrogen and oxygen atoms in total. The van der Waals surface area contributed by atoms with Crippen LogP contribution in [0.15, 0.2) is 21.9 Å². The standard InChI is InChI=1S/C7H6N2O/c1-3-8-4-2-7-6(1)5-9-10-7/h2-5H,1H2. The zero-order valence-corrected chi connectivity index (χ0v) is 5.32. The van der Waals surface area contributed by atoms with Crippen LogP contribution in [0.25, 0.3) is 6.08 Å². The van der Waals surface area contributed by atoms with Crippen LogP contribution < -0.4 is 0 Å². The van der Waals surface area contributed by atoms with E-state index in [2.05, 4.69) is 10.1 Å². The topological polar surface area (TPSA) is 38.4 Å². The highest BCUT2D eigenvalue weighted by Crippen LogP contribution is 2.11. The number of fused-ring (bicyclic) bond motifs is 1. The average Bonchev–Trinajstić information content (AvgIpc) is 2.28. The molecule has 0 bridgehead atoms. The zero-order chi connectivity index (χ0) is 6.81. The lowest BCUT2D eigenvalue weighted by Crippen LogP contribution is -1.82. The Bertz CT molecular complexity index is 286. The van der Waals surface area contributed by atoms with Gasteiger partial charge in [0.05, 0.1) is 6.20 Å². The highest BCUT2D eigenvalue weighted by atomic mass is 16.5. The second-order valence-corrected chi connectivity index (χ2v) is 2.07. The molecular formula is C7H6N2O. The Morgan fingerprint density at radius 1 is 1.50 bits per heavy atom. The first kappa shape index (κ1) is 5.41. The maximum Gasteiger partial charge on any atom is 0.164 e. The first-order valence-electron chi connectivity index (χ1n) is 3.08. The van der Waals surface area contributed by atoms with Gasteiger partial charge in [0.25, 0.3) is 0 Å². The van der Waals surface area contributed by atoms with Crippen molar-refractivity contribution in [3.8, 4) is 0 Å². The predicted molar refractivity (Wildman–Crippen MR) is 37.7 cm³/mol. The normalized spacial score (nSPS) is 14.8. The van der Waals surface area contributed by atoms with E-state index in [1.54, 1.807) is 12.4 Å². The van der Waals surface area contributed by atoms with E-state index in [1.165, 1.54) is 0 Å². The summed E-state index contributed by atoms with van der Waals surface area (Å²) >= 11 is 0. The minimum absolute atomic E-state index is 0.811. The molecule has 0 unspecified atom stereocenters. The molecule has 0 aromatic carbocycles. The summed E-state index contributed by atoms with van der Waals surface area (Å²) in [7, 11) is 0. The van der Waals surface area contributed by atoms with E-state index in [9.17, 15) is 0 Å². The lowest BCUT2D eigenvalue weighted by atomic mass is 10.2. The molecule has 2 heterocycles. The summed E-state index contributed by atoms with van der Waals surface area (Å²) in [6, 6.07) is 0. The Balaban J connectivity index is 2.50. The molecule has 1 aliphatic heterocycles. The third-order valence-corrected chi connectivity index (χ3v) is 1.40. The van der Waals surface area contributed by atoms with Crippen LogP contribution in [0, 0.1) is 0 Å². The molecule has 0 amide bonds. The van der Waals surface area contributed by atoms with Crippen LogP contribution in [-0.4, -0.2) is 11.4 Å². The molecule has 0 aliphatic carbocycles. The van der Waals surface area contributed by atoms with Gasteiger partial charge in [0, 0.05) is 30.5 Å². The summed E-state index contributed by atoms with van der Waals surface area (Å²) in [5.74, 6) is 0.817. The largest absolute Gasteiger partial charge is 0.357 e. The van der Waals surface area contributed by atoms with Gasteiger partial charge in [-0.15, -0.1) is 0 Å². The zero-order valence-electron chi connectivity index (χ0n) is 5.32. The third kappa shape index (κ3) is 0.757. The van der Waals surface area contributed by atoms with Gasteiger partial charge in [0.1, 0.15) is 0 Å². The molecule has 1 aliphatic rings. The van der Waals surface area contributed by atoms with Gasteiger partial charge in [-0.3, -0.25) is 4.99 Å². The second kappa shape index (κ2) is 2.10. The van der Waals surface area contributed by atoms with E-state index in [-0.39, 0.29) is 0 Å². The molecule has 0 saturated carbocycles. The van der Waals surface area contributed by atoms with Crippen molar-refractivity contribution in [1.82, 2.24) is 5.16 Å². The van der Waals surface area contributed by atoms with Gasteiger partial charge < -0.3 is 4.52 Å². The van der Waals surface area contributed by atoms with Gasteiger partial charge in [0.2, 0.25) is 0 Å². The molecule has 1 aromatic rings. The molecule has 0 saturated heterocycles. The minimum Gasteiger partial charge on any atom is -0.357 e. The fourth-order valence-electron chi connectivity index (χ4n) is 0.882. The maximum atomic E-state index is 4.92. The van der Waals surface area contributed by atoms with E-state index in [0.29, 0.717) is 0 Å². The van der Waals surface area contributed by atoms with Crippen molar-refractivity contribution < 1.29 is 4.52 Å². The molecule has 3 heteroatoms. The molecular weight excluding hydrogens is 128 g/mol. The van der Waals surface area contributed by atoms with Crippen LogP contribution in [0.3, 0.4) is 0 Å². The van der Waals surface area contributed by atoms with E-state index in [1.807, 2.05) is 12.3 Å². The Kier molecular flexibility index (Phi) is 1.13. The van der Waals surface area contributed by atoms with Gasteiger partial charge in [-0.1, -0.05) is 5.16 Å². The fraction of sp³-hybridized carbons (Fsp3) is 0.143. The molecule has 0 fully saturated rings.